The molecule has 0 atom stereocenters. The van der Waals surface area contributed by atoms with Crippen LogP contribution in [0.2, 0.25) is 0 Å². The molecule has 0 aliphatic heterocycles. The van der Waals surface area contributed by atoms with E-state index in [-0.39, 0.29) is 17.0 Å². The Hall–Kier alpha value is -3.30. The molecule has 10 heteroatoms. The van der Waals surface area contributed by atoms with Crippen molar-refractivity contribution in [3.05, 3.63) is 53.5 Å². The van der Waals surface area contributed by atoms with E-state index in [4.69, 9.17) is 0 Å². The van der Waals surface area contributed by atoms with Gasteiger partial charge in [0.25, 0.3) is 5.92 Å². The Morgan fingerprint density at radius 3 is 2.48 bits per heavy atom. The smallest absolute Gasteiger partial charge is 0.270 e. The van der Waals surface area contributed by atoms with Crippen molar-refractivity contribution in [2.45, 2.75) is 19.8 Å². The van der Waals surface area contributed by atoms with E-state index in [9.17, 15) is 22.0 Å². The largest absolute Gasteiger partial charge is 0.359 e. The fourth-order valence-electron chi connectivity index (χ4n) is 3.15. The van der Waals surface area contributed by atoms with E-state index >= 15 is 0 Å². The molecule has 0 saturated heterocycles. The van der Waals surface area contributed by atoms with E-state index < -0.39 is 28.9 Å². The SMILES string of the molecule is CCNn1c(Nc2c[nH]c3cc(F)c(F)cc23)nc2cc(C(C)(F)F)cc(F)c21. The summed E-state index contributed by atoms with van der Waals surface area (Å²) in [5.41, 5.74) is 3.10. The zero-order valence-electron chi connectivity index (χ0n) is 15.4. The topological polar surface area (TPSA) is 57.7 Å². The average Bonchev–Trinajstić information content (AvgIpc) is 3.17. The van der Waals surface area contributed by atoms with Crippen LogP contribution >= 0.6 is 0 Å². The van der Waals surface area contributed by atoms with Gasteiger partial charge in [-0.3, -0.25) is 0 Å². The van der Waals surface area contributed by atoms with Crippen LogP contribution in [0.4, 0.5) is 33.6 Å². The summed E-state index contributed by atoms with van der Waals surface area (Å²) < 4.78 is 70.3. The first-order chi connectivity index (χ1) is 13.7. The van der Waals surface area contributed by atoms with Crippen LogP contribution in [-0.4, -0.2) is 21.2 Å². The Bertz CT molecular complexity index is 1220. The number of halogens is 5. The standard InChI is InChI=1S/C19H16F5N5/c1-3-26-29-17-13(22)4-9(19(2,23)24)5-15(17)27-18(29)28-16-8-25-14-7-12(21)11(20)6-10(14)16/h4-8,25-26H,3H2,1-2H3,(H,27,28). The third-order valence-corrected chi connectivity index (χ3v) is 4.50. The molecule has 0 amide bonds. The molecule has 2 heterocycles. The van der Waals surface area contributed by atoms with Crippen LogP contribution in [-0.2, 0) is 5.92 Å². The number of rotatable bonds is 5. The van der Waals surface area contributed by atoms with Gasteiger partial charge >= 0.3 is 0 Å². The number of alkyl halides is 2. The quantitative estimate of drug-likeness (QED) is 0.389. The van der Waals surface area contributed by atoms with Gasteiger partial charge in [-0.25, -0.2) is 31.6 Å². The third-order valence-electron chi connectivity index (χ3n) is 4.50. The number of aromatic amines is 1. The summed E-state index contributed by atoms with van der Waals surface area (Å²) in [6.07, 6.45) is 1.47. The van der Waals surface area contributed by atoms with E-state index in [2.05, 4.69) is 20.7 Å². The summed E-state index contributed by atoms with van der Waals surface area (Å²) in [5.74, 6) is -6.03. The zero-order chi connectivity index (χ0) is 20.9. The molecule has 0 unspecified atom stereocenters. The minimum absolute atomic E-state index is 0.0144. The van der Waals surface area contributed by atoms with Crippen LogP contribution in [0.5, 0.6) is 0 Å². The normalized spacial score (nSPS) is 12.1. The Labute approximate surface area is 161 Å². The highest BCUT2D eigenvalue weighted by molar-refractivity contribution is 5.94. The maximum absolute atomic E-state index is 14.6. The molecule has 0 spiro atoms. The number of hydrogen-bond acceptors (Lipinski definition) is 3. The Balaban J connectivity index is 1.86. The Morgan fingerprint density at radius 2 is 1.79 bits per heavy atom. The van der Waals surface area contributed by atoms with Crippen molar-refractivity contribution >= 4 is 33.6 Å². The van der Waals surface area contributed by atoms with E-state index in [1.54, 1.807) is 6.92 Å². The molecular weight excluding hydrogens is 393 g/mol. The van der Waals surface area contributed by atoms with E-state index in [1.807, 2.05) is 0 Å². The highest BCUT2D eigenvalue weighted by atomic mass is 19.3. The maximum Gasteiger partial charge on any atom is 0.270 e. The summed E-state index contributed by atoms with van der Waals surface area (Å²) in [7, 11) is 0. The summed E-state index contributed by atoms with van der Waals surface area (Å²) in [4.78, 5) is 7.02. The summed E-state index contributed by atoms with van der Waals surface area (Å²) in [6, 6.07) is 3.91. The monoisotopic (exact) mass is 409 g/mol. The lowest BCUT2D eigenvalue weighted by Gasteiger charge is -2.13. The van der Waals surface area contributed by atoms with Crippen LogP contribution in [0.25, 0.3) is 21.9 Å². The van der Waals surface area contributed by atoms with Gasteiger partial charge in [0.1, 0.15) is 5.52 Å². The number of nitrogens with one attached hydrogen (secondary N) is 3. The first kappa shape index (κ1) is 19.0. The van der Waals surface area contributed by atoms with E-state index in [0.29, 0.717) is 30.1 Å². The molecule has 0 saturated carbocycles. The number of aromatic nitrogens is 3. The molecular formula is C19H16F5N5. The molecule has 2 aromatic heterocycles. The van der Waals surface area contributed by atoms with Crippen molar-refractivity contribution in [1.82, 2.24) is 14.6 Å². The molecule has 152 valence electrons. The second kappa shape index (κ2) is 6.64. The van der Waals surface area contributed by atoms with Crippen molar-refractivity contribution in [1.29, 1.82) is 0 Å². The van der Waals surface area contributed by atoms with Gasteiger partial charge in [-0.1, -0.05) is 0 Å². The molecule has 0 fully saturated rings. The summed E-state index contributed by atoms with van der Waals surface area (Å²) in [6.45, 7) is 2.83. The van der Waals surface area contributed by atoms with Gasteiger partial charge in [-0.2, -0.15) is 0 Å². The molecule has 0 radical (unpaired) electrons. The molecule has 0 bridgehead atoms. The lowest BCUT2D eigenvalue weighted by molar-refractivity contribution is 0.0173. The highest BCUT2D eigenvalue weighted by Gasteiger charge is 2.28. The van der Waals surface area contributed by atoms with Gasteiger partial charge in [0, 0.05) is 36.7 Å². The Morgan fingerprint density at radius 1 is 1.07 bits per heavy atom. The fourth-order valence-corrected chi connectivity index (χ4v) is 3.15. The molecule has 5 nitrogen and oxygen atoms in total. The number of benzene rings is 2. The lowest BCUT2D eigenvalue weighted by Crippen LogP contribution is -2.17. The van der Waals surface area contributed by atoms with Crippen molar-refractivity contribution < 1.29 is 22.0 Å². The average molecular weight is 409 g/mol. The second-order valence-electron chi connectivity index (χ2n) is 6.64. The molecule has 4 aromatic rings. The molecule has 0 aliphatic rings. The van der Waals surface area contributed by atoms with Crippen molar-refractivity contribution in [3.8, 4) is 0 Å². The van der Waals surface area contributed by atoms with Crippen LogP contribution in [0.15, 0.2) is 30.5 Å². The first-order valence-corrected chi connectivity index (χ1v) is 8.76. The number of nitrogens with zero attached hydrogens (tertiary/aromatic N) is 2. The molecule has 0 aliphatic carbocycles. The van der Waals surface area contributed by atoms with Gasteiger partial charge < -0.3 is 15.7 Å². The van der Waals surface area contributed by atoms with Crippen molar-refractivity contribution in [3.63, 3.8) is 0 Å². The van der Waals surface area contributed by atoms with Crippen LogP contribution in [0.1, 0.15) is 19.4 Å². The minimum atomic E-state index is -3.23. The first-order valence-electron chi connectivity index (χ1n) is 8.76. The predicted molar refractivity (Wildman–Crippen MR) is 101 cm³/mol. The second-order valence-corrected chi connectivity index (χ2v) is 6.64. The molecule has 4 rings (SSSR count). The number of imidazole rings is 1. The summed E-state index contributed by atoms with van der Waals surface area (Å²) in [5, 5.41) is 3.26. The van der Waals surface area contributed by atoms with Gasteiger partial charge in [-0.15, -0.1) is 0 Å². The summed E-state index contributed by atoms with van der Waals surface area (Å²) >= 11 is 0. The van der Waals surface area contributed by atoms with Crippen molar-refractivity contribution in [2.24, 2.45) is 0 Å². The van der Waals surface area contributed by atoms with Gasteiger partial charge in [0.2, 0.25) is 5.95 Å². The van der Waals surface area contributed by atoms with E-state index in [0.717, 1.165) is 24.3 Å². The molecule has 3 N–H and O–H groups in total. The van der Waals surface area contributed by atoms with Gasteiger partial charge in [-0.05, 0) is 25.1 Å². The van der Waals surface area contributed by atoms with Gasteiger partial charge in [0.05, 0.1) is 16.7 Å². The van der Waals surface area contributed by atoms with Crippen LogP contribution < -0.4 is 10.7 Å². The highest BCUT2D eigenvalue weighted by Crippen LogP contribution is 2.33. The number of fused-ring (bicyclic) bond motifs is 2. The number of anilines is 2. The minimum Gasteiger partial charge on any atom is -0.359 e. The van der Waals surface area contributed by atoms with Gasteiger partial charge in [0.15, 0.2) is 17.5 Å². The molecule has 29 heavy (non-hydrogen) atoms. The zero-order valence-corrected chi connectivity index (χ0v) is 15.4. The maximum atomic E-state index is 14.6. The fraction of sp³-hybridized carbons (Fsp3) is 0.211. The third kappa shape index (κ3) is 3.24. The predicted octanol–water partition coefficient (Wildman–Crippen LogP) is 5.35. The molecule has 2 aromatic carbocycles. The lowest BCUT2D eigenvalue weighted by atomic mass is 10.1. The van der Waals surface area contributed by atoms with E-state index in [1.165, 1.54) is 10.9 Å². The van der Waals surface area contributed by atoms with Crippen molar-refractivity contribution in [2.75, 3.05) is 17.3 Å². The van der Waals surface area contributed by atoms with Crippen LogP contribution in [0.3, 0.4) is 0 Å². The number of H-pyrrole nitrogens is 1. The van der Waals surface area contributed by atoms with Crippen LogP contribution in [0, 0.1) is 17.5 Å². The number of hydrogen-bond donors (Lipinski definition) is 3. The Kier molecular flexibility index (Phi) is 4.36.